The smallest absolute Gasteiger partial charge is 0.168 e. The van der Waals surface area contributed by atoms with E-state index in [4.69, 9.17) is 12.2 Å². The van der Waals surface area contributed by atoms with Crippen molar-refractivity contribution in [3.05, 3.63) is 83.9 Å². The molecule has 1 unspecified atom stereocenters. The van der Waals surface area contributed by atoms with E-state index in [1.54, 1.807) is 0 Å². The maximum Gasteiger partial charge on any atom is 0.168 e. The highest BCUT2D eigenvalue weighted by atomic mass is 32.1. The number of benzene rings is 3. The SMILES string of the molecule is CN1c2ccccc2C(C(O)=S)c2c(-c3ccccc3)cccc21. The van der Waals surface area contributed by atoms with Gasteiger partial charge in [-0.05, 0) is 46.6 Å². The number of nitrogens with zero attached hydrogens (tertiary/aromatic N) is 1. The molecule has 0 aliphatic carbocycles. The van der Waals surface area contributed by atoms with Crippen molar-refractivity contribution in [1.29, 1.82) is 0 Å². The minimum atomic E-state index is -0.293. The lowest BCUT2D eigenvalue weighted by Gasteiger charge is -2.36. The van der Waals surface area contributed by atoms with Crippen LogP contribution in [-0.4, -0.2) is 17.2 Å². The topological polar surface area (TPSA) is 23.5 Å². The zero-order chi connectivity index (χ0) is 16.7. The van der Waals surface area contributed by atoms with Crippen LogP contribution in [0.15, 0.2) is 72.8 Å². The molecule has 1 heterocycles. The van der Waals surface area contributed by atoms with E-state index in [-0.39, 0.29) is 11.0 Å². The van der Waals surface area contributed by atoms with Gasteiger partial charge >= 0.3 is 0 Å². The van der Waals surface area contributed by atoms with Gasteiger partial charge in [0.1, 0.15) is 0 Å². The lowest BCUT2D eigenvalue weighted by Crippen LogP contribution is -2.25. The molecule has 0 fully saturated rings. The van der Waals surface area contributed by atoms with Crippen LogP contribution < -0.4 is 4.90 Å². The number of thiocarbonyl (C=S) groups is 1. The maximum atomic E-state index is 10.3. The van der Waals surface area contributed by atoms with Gasteiger partial charge in [0.25, 0.3) is 0 Å². The third kappa shape index (κ3) is 2.21. The van der Waals surface area contributed by atoms with Crippen LogP contribution in [0.5, 0.6) is 0 Å². The van der Waals surface area contributed by atoms with Gasteiger partial charge in [-0.3, -0.25) is 0 Å². The molecule has 3 heteroatoms. The largest absolute Gasteiger partial charge is 0.501 e. The molecule has 3 aromatic carbocycles. The molecule has 1 aliphatic rings. The highest BCUT2D eigenvalue weighted by Crippen LogP contribution is 2.48. The standard InChI is InChI=1S/C21H17NOS/c1-22-17-12-6-5-10-16(17)20(21(23)24)19-15(11-7-13-18(19)22)14-8-3-2-4-9-14/h2-13,20H,1H3,(H,23,24). The summed E-state index contributed by atoms with van der Waals surface area (Å²) >= 11 is 5.25. The summed E-state index contributed by atoms with van der Waals surface area (Å²) in [6.07, 6.45) is 0. The number of hydrogen-bond donors (Lipinski definition) is 1. The molecule has 0 saturated carbocycles. The predicted octanol–water partition coefficient (Wildman–Crippen LogP) is 5.45. The zero-order valence-electron chi connectivity index (χ0n) is 13.3. The number of aliphatic hydroxyl groups excluding tert-OH is 1. The third-order valence-electron chi connectivity index (χ3n) is 4.67. The summed E-state index contributed by atoms with van der Waals surface area (Å²) in [6.45, 7) is 0. The van der Waals surface area contributed by atoms with Gasteiger partial charge in [-0.25, -0.2) is 0 Å². The Bertz CT molecular complexity index is 920. The highest BCUT2D eigenvalue weighted by Gasteiger charge is 2.33. The van der Waals surface area contributed by atoms with Gasteiger partial charge in [-0.15, -0.1) is 0 Å². The van der Waals surface area contributed by atoms with Crippen LogP contribution >= 0.6 is 12.2 Å². The van der Waals surface area contributed by atoms with Crippen LogP contribution in [0.25, 0.3) is 11.1 Å². The van der Waals surface area contributed by atoms with Gasteiger partial charge in [0.15, 0.2) is 5.05 Å². The molecule has 0 bridgehead atoms. The molecule has 3 aromatic rings. The van der Waals surface area contributed by atoms with E-state index in [2.05, 4.69) is 48.3 Å². The van der Waals surface area contributed by atoms with Crippen molar-refractivity contribution in [2.45, 2.75) is 5.92 Å². The van der Waals surface area contributed by atoms with Crippen molar-refractivity contribution in [1.82, 2.24) is 0 Å². The minimum absolute atomic E-state index is 0.0141. The van der Waals surface area contributed by atoms with Crippen molar-refractivity contribution < 1.29 is 5.11 Å². The molecule has 0 aromatic heterocycles. The summed E-state index contributed by atoms with van der Waals surface area (Å²) in [5.74, 6) is -0.293. The first-order chi connectivity index (χ1) is 11.7. The Labute approximate surface area is 147 Å². The van der Waals surface area contributed by atoms with Gasteiger partial charge in [-0.1, -0.05) is 60.7 Å². The number of para-hydroxylation sites is 1. The molecule has 1 N–H and O–H groups in total. The average molecular weight is 331 g/mol. The molecular formula is C21H17NOS. The fourth-order valence-corrected chi connectivity index (χ4v) is 3.84. The molecular weight excluding hydrogens is 314 g/mol. The summed E-state index contributed by atoms with van der Waals surface area (Å²) in [4.78, 5) is 2.17. The van der Waals surface area contributed by atoms with E-state index in [0.717, 1.165) is 33.6 Å². The third-order valence-corrected chi connectivity index (χ3v) is 4.91. The van der Waals surface area contributed by atoms with Gasteiger partial charge < -0.3 is 10.0 Å². The molecule has 24 heavy (non-hydrogen) atoms. The number of hydrogen-bond acceptors (Lipinski definition) is 2. The van der Waals surface area contributed by atoms with E-state index in [1.807, 2.05) is 36.4 Å². The number of anilines is 2. The Morgan fingerprint density at radius 3 is 2.29 bits per heavy atom. The van der Waals surface area contributed by atoms with Crippen LogP contribution in [0.4, 0.5) is 11.4 Å². The molecule has 4 rings (SSSR count). The Hall–Kier alpha value is -2.65. The second-order valence-electron chi connectivity index (χ2n) is 5.99. The fourth-order valence-electron chi connectivity index (χ4n) is 3.60. The first-order valence-corrected chi connectivity index (χ1v) is 8.33. The average Bonchev–Trinajstić information content (AvgIpc) is 2.62. The van der Waals surface area contributed by atoms with Crippen LogP contribution in [0.3, 0.4) is 0 Å². The van der Waals surface area contributed by atoms with Crippen molar-refractivity contribution in [2.24, 2.45) is 0 Å². The Kier molecular flexibility index (Phi) is 3.58. The summed E-state index contributed by atoms with van der Waals surface area (Å²) < 4.78 is 0. The maximum absolute atomic E-state index is 10.3. The van der Waals surface area contributed by atoms with Crippen LogP contribution in [0.2, 0.25) is 0 Å². The molecule has 1 aliphatic heterocycles. The molecule has 1 atom stereocenters. The van der Waals surface area contributed by atoms with E-state index < -0.39 is 0 Å². The highest BCUT2D eigenvalue weighted by molar-refractivity contribution is 7.80. The molecule has 0 radical (unpaired) electrons. The number of aliphatic hydroxyl groups is 1. The molecule has 118 valence electrons. The van der Waals surface area contributed by atoms with Crippen LogP contribution in [-0.2, 0) is 0 Å². The Morgan fingerprint density at radius 1 is 0.875 bits per heavy atom. The summed E-state index contributed by atoms with van der Waals surface area (Å²) in [7, 11) is 2.06. The van der Waals surface area contributed by atoms with E-state index in [9.17, 15) is 5.11 Å². The monoisotopic (exact) mass is 331 g/mol. The molecule has 0 amide bonds. The Morgan fingerprint density at radius 2 is 1.54 bits per heavy atom. The lowest BCUT2D eigenvalue weighted by molar-refractivity contribution is 0.544. The van der Waals surface area contributed by atoms with Gasteiger partial charge in [-0.2, -0.15) is 0 Å². The Balaban J connectivity index is 2.03. The van der Waals surface area contributed by atoms with Gasteiger partial charge in [0, 0.05) is 18.4 Å². The van der Waals surface area contributed by atoms with Crippen molar-refractivity contribution in [3.63, 3.8) is 0 Å². The first kappa shape index (κ1) is 14.9. The van der Waals surface area contributed by atoms with Gasteiger partial charge in [0.2, 0.25) is 0 Å². The first-order valence-electron chi connectivity index (χ1n) is 7.92. The van der Waals surface area contributed by atoms with Crippen LogP contribution in [0, 0.1) is 0 Å². The van der Waals surface area contributed by atoms with Crippen molar-refractivity contribution in [2.75, 3.05) is 11.9 Å². The molecule has 2 nitrogen and oxygen atoms in total. The summed E-state index contributed by atoms with van der Waals surface area (Å²) in [5.41, 5.74) is 6.51. The normalized spacial score (nSPS) is 15.5. The molecule has 0 spiro atoms. The number of rotatable bonds is 2. The van der Waals surface area contributed by atoms with Crippen LogP contribution in [0.1, 0.15) is 17.0 Å². The van der Waals surface area contributed by atoms with E-state index in [0.29, 0.717) is 0 Å². The lowest BCUT2D eigenvalue weighted by atomic mass is 9.81. The van der Waals surface area contributed by atoms with Crippen molar-refractivity contribution in [3.8, 4) is 11.1 Å². The fraction of sp³-hybridized carbons (Fsp3) is 0.0952. The quantitative estimate of drug-likeness (QED) is 0.631. The predicted molar refractivity (Wildman–Crippen MR) is 103 cm³/mol. The molecule has 0 saturated heterocycles. The summed E-state index contributed by atoms with van der Waals surface area (Å²) in [5, 5.41) is 10.4. The summed E-state index contributed by atoms with van der Waals surface area (Å²) in [6, 6.07) is 24.6. The van der Waals surface area contributed by atoms with Crippen molar-refractivity contribution >= 4 is 28.6 Å². The zero-order valence-corrected chi connectivity index (χ0v) is 14.1. The minimum Gasteiger partial charge on any atom is -0.501 e. The second-order valence-corrected chi connectivity index (χ2v) is 6.41. The number of fused-ring (bicyclic) bond motifs is 2. The van der Waals surface area contributed by atoms with E-state index >= 15 is 0 Å². The second kappa shape index (κ2) is 5.77. The van der Waals surface area contributed by atoms with E-state index in [1.165, 1.54) is 0 Å². The van der Waals surface area contributed by atoms with Gasteiger partial charge in [0.05, 0.1) is 5.92 Å².